The number of piperidine rings is 1. The van der Waals surface area contributed by atoms with Gasteiger partial charge in [0.05, 0.1) is 0 Å². The van der Waals surface area contributed by atoms with Crippen LogP contribution in [0.3, 0.4) is 0 Å². The normalized spacial score (nSPS) is 19.8. The van der Waals surface area contributed by atoms with Crippen molar-refractivity contribution >= 4 is 11.6 Å². The number of rotatable bonds is 4. The van der Waals surface area contributed by atoms with E-state index in [1.54, 1.807) is 0 Å². The summed E-state index contributed by atoms with van der Waals surface area (Å²) >= 11 is 5.93. The third-order valence-corrected chi connectivity index (χ3v) is 4.37. The van der Waals surface area contributed by atoms with Gasteiger partial charge in [-0.05, 0) is 64.4 Å². The Hall–Kier alpha value is -0.570. The van der Waals surface area contributed by atoms with Crippen LogP contribution in [0.4, 0.5) is 0 Å². The number of nitrogens with zero attached hydrogens (tertiary/aromatic N) is 1. The maximum absolute atomic E-state index is 5.93. The van der Waals surface area contributed by atoms with Crippen molar-refractivity contribution in [1.29, 1.82) is 0 Å². The summed E-state index contributed by atoms with van der Waals surface area (Å²) in [6, 6.07) is 9.88. The monoisotopic (exact) mass is 280 g/mol. The van der Waals surface area contributed by atoms with E-state index in [0.717, 1.165) is 5.02 Å². The predicted molar refractivity (Wildman–Crippen MR) is 82.7 cm³/mol. The van der Waals surface area contributed by atoms with E-state index in [1.165, 1.54) is 31.5 Å². The van der Waals surface area contributed by atoms with Gasteiger partial charge in [0.2, 0.25) is 0 Å². The Morgan fingerprint density at radius 2 is 1.68 bits per heavy atom. The number of hydrogen-bond acceptors (Lipinski definition) is 2. The van der Waals surface area contributed by atoms with Crippen LogP contribution in [0.25, 0.3) is 0 Å². The maximum atomic E-state index is 5.93. The molecule has 106 valence electrons. The molecule has 1 aliphatic heterocycles. The molecule has 0 spiro atoms. The van der Waals surface area contributed by atoms with E-state index < -0.39 is 0 Å². The summed E-state index contributed by atoms with van der Waals surface area (Å²) in [4.78, 5) is 2.56. The molecule has 1 unspecified atom stereocenters. The minimum absolute atomic E-state index is 0.396. The molecule has 0 amide bonds. The summed E-state index contributed by atoms with van der Waals surface area (Å²) in [6.07, 6.45) is 2.49. The van der Waals surface area contributed by atoms with E-state index in [4.69, 9.17) is 11.6 Å². The molecular formula is C16H25ClN2. The molecule has 2 nitrogen and oxygen atoms in total. The highest BCUT2D eigenvalue weighted by atomic mass is 35.5. The van der Waals surface area contributed by atoms with E-state index in [1.807, 2.05) is 12.1 Å². The second-order valence-corrected chi connectivity index (χ2v) is 6.28. The standard InChI is InChI=1S/C16H25ClN2/c1-12(2)19-10-8-16(9-11-19)18-13(3)14-4-6-15(17)7-5-14/h4-7,12-13,16,18H,8-11H2,1-3H3. The van der Waals surface area contributed by atoms with E-state index in [0.29, 0.717) is 18.1 Å². The summed E-state index contributed by atoms with van der Waals surface area (Å²) in [6.45, 7) is 9.22. The van der Waals surface area contributed by atoms with Gasteiger partial charge < -0.3 is 10.2 Å². The summed E-state index contributed by atoms with van der Waals surface area (Å²) in [5, 5.41) is 4.55. The lowest BCUT2D eigenvalue weighted by Crippen LogP contribution is -2.45. The SMILES string of the molecule is CC(NC1CCN(C(C)C)CC1)c1ccc(Cl)cc1. The van der Waals surface area contributed by atoms with Gasteiger partial charge in [0, 0.05) is 23.1 Å². The van der Waals surface area contributed by atoms with Gasteiger partial charge in [-0.15, -0.1) is 0 Å². The minimum atomic E-state index is 0.396. The molecule has 0 bridgehead atoms. The highest BCUT2D eigenvalue weighted by Gasteiger charge is 2.21. The molecule has 1 aliphatic rings. The van der Waals surface area contributed by atoms with Crippen LogP contribution < -0.4 is 5.32 Å². The van der Waals surface area contributed by atoms with Crippen LogP contribution in [-0.2, 0) is 0 Å². The van der Waals surface area contributed by atoms with Crippen LogP contribution in [0, 0.1) is 0 Å². The fourth-order valence-electron chi connectivity index (χ4n) is 2.78. The van der Waals surface area contributed by atoms with Crippen molar-refractivity contribution in [3.05, 3.63) is 34.9 Å². The zero-order valence-corrected chi connectivity index (χ0v) is 13.0. The molecule has 19 heavy (non-hydrogen) atoms. The Morgan fingerprint density at radius 1 is 1.11 bits per heavy atom. The van der Waals surface area contributed by atoms with Crippen LogP contribution >= 0.6 is 11.6 Å². The highest BCUT2D eigenvalue weighted by Crippen LogP contribution is 2.20. The molecule has 1 saturated heterocycles. The molecule has 0 aliphatic carbocycles. The quantitative estimate of drug-likeness (QED) is 0.901. The topological polar surface area (TPSA) is 15.3 Å². The second kappa shape index (κ2) is 6.74. The van der Waals surface area contributed by atoms with Gasteiger partial charge in [-0.25, -0.2) is 0 Å². The molecule has 2 rings (SSSR count). The smallest absolute Gasteiger partial charge is 0.0406 e. The maximum Gasteiger partial charge on any atom is 0.0406 e. The third kappa shape index (κ3) is 4.20. The summed E-state index contributed by atoms with van der Waals surface area (Å²) in [7, 11) is 0. The van der Waals surface area contributed by atoms with Crippen molar-refractivity contribution in [3.8, 4) is 0 Å². The summed E-state index contributed by atoms with van der Waals surface area (Å²) < 4.78 is 0. The molecular weight excluding hydrogens is 256 g/mol. The van der Waals surface area contributed by atoms with Gasteiger partial charge in [0.1, 0.15) is 0 Å². The first-order chi connectivity index (χ1) is 9.06. The first kappa shape index (κ1) is 14.8. The van der Waals surface area contributed by atoms with E-state index in [2.05, 4.69) is 43.1 Å². The van der Waals surface area contributed by atoms with E-state index in [9.17, 15) is 0 Å². The fraction of sp³-hybridized carbons (Fsp3) is 0.625. The van der Waals surface area contributed by atoms with Gasteiger partial charge in [-0.3, -0.25) is 0 Å². The van der Waals surface area contributed by atoms with Crippen molar-refractivity contribution in [2.75, 3.05) is 13.1 Å². The number of nitrogens with one attached hydrogen (secondary N) is 1. The van der Waals surface area contributed by atoms with Crippen molar-refractivity contribution in [3.63, 3.8) is 0 Å². The average molecular weight is 281 g/mol. The first-order valence-electron chi connectivity index (χ1n) is 7.32. The first-order valence-corrected chi connectivity index (χ1v) is 7.69. The van der Waals surface area contributed by atoms with E-state index in [-0.39, 0.29) is 0 Å². The third-order valence-electron chi connectivity index (χ3n) is 4.12. The molecule has 1 aromatic rings. The van der Waals surface area contributed by atoms with Gasteiger partial charge in [-0.2, -0.15) is 0 Å². The van der Waals surface area contributed by atoms with Crippen LogP contribution in [0.15, 0.2) is 24.3 Å². The largest absolute Gasteiger partial charge is 0.307 e. The molecule has 1 heterocycles. The Labute approximate surface area is 122 Å². The van der Waals surface area contributed by atoms with Gasteiger partial charge >= 0.3 is 0 Å². The lowest BCUT2D eigenvalue weighted by Gasteiger charge is -2.36. The van der Waals surface area contributed by atoms with Crippen LogP contribution in [0.5, 0.6) is 0 Å². The lowest BCUT2D eigenvalue weighted by atomic mass is 10.0. The molecule has 0 aromatic heterocycles. The van der Waals surface area contributed by atoms with Crippen molar-refractivity contribution in [1.82, 2.24) is 10.2 Å². The van der Waals surface area contributed by atoms with Crippen molar-refractivity contribution in [2.24, 2.45) is 0 Å². The van der Waals surface area contributed by atoms with Crippen LogP contribution in [-0.4, -0.2) is 30.1 Å². The molecule has 0 saturated carbocycles. The summed E-state index contributed by atoms with van der Waals surface area (Å²) in [5.41, 5.74) is 1.32. The zero-order chi connectivity index (χ0) is 13.8. The molecule has 1 fully saturated rings. The number of hydrogen-bond donors (Lipinski definition) is 1. The molecule has 0 radical (unpaired) electrons. The van der Waals surface area contributed by atoms with Crippen molar-refractivity contribution < 1.29 is 0 Å². The zero-order valence-electron chi connectivity index (χ0n) is 12.2. The van der Waals surface area contributed by atoms with E-state index >= 15 is 0 Å². The Balaban J connectivity index is 1.83. The van der Waals surface area contributed by atoms with Gasteiger partial charge in [0.15, 0.2) is 0 Å². The van der Waals surface area contributed by atoms with Crippen LogP contribution in [0.2, 0.25) is 5.02 Å². The van der Waals surface area contributed by atoms with Gasteiger partial charge in [0.25, 0.3) is 0 Å². The lowest BCUT2D eigenvalue weighted by molar-refractivity contribution is 0.157. The van der Waals surface area contributed by atoms with Gasteiger partial charge in [-0.1, -0.05) is 23.7 Å². The number of benzene rings is 1. The molecule has 1 aromatic carbocycles. The van der Waals surface area contributed by atoms with Crippen LogP contribution in [0.1, 0.15) is 45.2 Å². The Kier molecular flexibility index (Phi) is 5.26. The Morgan fingerprint density at radius 3 is 2.21 bits per heavy atom. The number of halogens is 1. The number of likely N-dealkylation sites (tertiary alicyclic amines) is 1. The predicted octanol–water partition coefficient (Wildman–Crippen LogP) is 3.86. The molecule has 3 heteroatoms. The van der Waals surface area contributed by atoms with Crippen molar-refractivity contribution in [2.45, 2.75) is 51.7 Å². The minimum Gasteiger partial charge on any atom is -0.307 e. The summed E-state index contributed by atoms with van der Waals surface area (Å²) in [5.74, 6) is 0. The Bertz CT molecular complexity index is 380. The fourth-order valence-corrected chi connectivity index (χ4v) is 2.91. The average Bonchev–Trinajstić information content (AvgIpc) is 2.40. The molecule has 1 atom stereocenters. The highest BCUT2D eigenvalue weighted by molar-refractivity contribution is 6.30. The molecule has 1 N–H and O–H groups in total. The second-order valence-electron chi connectivity index (χ2n) is 5.84.